The van der Waals surface area contributed by atoms with Crippen molar-refractivity contribution in [2.75, 3.05) is 18.4 Å². The fourth-order valence-corrected chi connectivity index (χ4v) is 3.65. The molecular formula is C17H16FN5OS. The number of hydrogen-bond donors (Lipinski definition) is 3. The summed E-state index contributed by atoms with van der Waals surface area (Å²) in [6.45, 7) is 1.72. The Kier molecular flexibility index (Phi) is 4.29. The van der Waals surface area contributed by atoms with Crippen LogP contribution in [0.3, 0.4) is 0 Å². The highest BCUT2D eigenvalue weighted by Crippen LogP contribution is 2.28. The van der Waals surface area contributed by atoms with Crippen LogP contribution in [0.25, 0.3) is 10.2 Å². The summed E-state index contributed by atoms with van der Waals surface area (Å²) >= 11 is 1.34. The van der Waals surface area contributed by atoms with Gasteiger partial charge in [-0.1, -0.05) is 11.3 Å². The lowest BCUT2D eigenvalue weighted by Crippen LogP contribution is -2.36. The second-order valence-corrected chi connectivity index (χ2v) is 6.88. The van der Waals surface area contributed by atoms with Crippen molar-refractivity contribution in [1.29, 1.82) is 0 Å². The number of fused-ring (bicyclic) bond motifs is 1. The molecule has 1 aliphatic heterocycles. The summed E-state index contributed by atoms with van der Waals surface area (Å²) in [6, 6.07) is 7.99. The van der Waals surface area contributed by atoms with E-state index in [0.717, 1.165) is 29.7 Å². The zero-order valence-electron chi connectivity index (χ0n) is 13.3. The smallest absolute Gasteiger partial charge is 0.251 e. The van der Waals surface area contributed by atoms with Crippen LogP contribution >= 0.6 is 11.3 Å². The van der Waals surface area contributed by atoms with Crippen LogP contribution in [0, 0.1) is 5.82 Å². The fourth-order valence-electron chi connectivity index (χ4n) is 2.75. The number of nitrogens with one attached hydrogen (secondary N) is 3. The maximum absolute atomic E-state index is 13.3. The molecule has 1 saturated heterocycles. The van der Waals surface area contributed by atoms with Crippen molar-refractivity contribution >= 4 is 38.4 Å². The number of rotatable bonds is 4. The molecule has 3 N–H and O–H groups in total. The van der Waals surface area contributed by atoms with Crippen molar-refractivity contribution in [2.45, 2.75) is 12.5 Å². The van der Waals surface area contributed by atoms with Crippen molar-refractivity contribution in [3.8, 4) is 0 Å². The highest BCUT2D eigenvalue weighted by Gasteiger charge is 2.18. The van der Waals surface area contributed by atoms with Gasteiger partial charge in [-0.3, -0.25) is 4.79 Å². The first-order valence-corrected chi connectivity index (χ1v) is 8.80. The van der Waals surface area contributed by atoms with E-state index in [1.165, 1.54) is 23.5 Å². The summed E-state index contributed by atoms with van der Waals surface area (Å²) in [5.41, 5.74) is 1.26. The molecular weight excluding hydrogens is 341 g/mol. The van der Waals surface area contributed by atoms with Crippen LogP contribution in [-0.2, 0) is 0 Å². The van der Waals surface area contributed by atoms with Gasteiger partial charge in [0.2, 0.25) is 0 Å². The maximum Gasteiger partial charge on any atom is 0.251 e. The van der Waals surface area contributed by atoms with Gasteiger partial charge < -0.3 is 16.0 Å². The second kappa shape index (κ2) is 6.73. The maximum atomic E-state index is 13.3. The van der Waals surface area contributed by atoms with Crippen LogP contribution in [0.2, 0.25) is 0 Å². The van der Waals surface area contributed by atoms with Gasteiger partial charge in [-0.2, -0.15) is 0 Å². The predicted octanol–water partition coefficient (Wildman–Crippen LogP) is 2.67. The molecule has 6 nitrogen and oxygen atoms in total. The third-order valence-electron chi connectivity index (χ3n) is 4.00. The van der Waals surface area contributed by atoms with Crippen LogP contribution in [0.1, 0.15) is 16.8 Å². The zero-order valence-corrected chi connectivity index (χ0v) is 14.1. The lowest BCUT2D eigenvalue weighted by atomic mass is 10.2. The summed E-state index contributed by atoms with van der Waals surface area (Å²) in [7, 11) is 0. The minimum Gasteiger partial charge on any atom is -0.348 e. The number of amides is 1. The van der Waals surface area contributed by atoms with E-state index in [4.69, 9.17) is 0 Å². The number of halogens is 1. The first-order valence-electron chi connectivity index (χ1n) is 7.98. The van der Waals surface area contributed by atoms with E-state index >= 15 is 0 Å². The molecule has 0 radical (unpaired) electrons. The SMILES string of the molecule is O=C(NC1CCNC1)c1ccnc(Nc2nc3ccc(F)cc3s2)c1. The summed E-state index contributed by atoms with van der Waals surface area (Å²) < 4.78 is 14.0. The number of nitrogens with zero attached hydrogens (tertiary/aromatic N) is 2. The summed E-state index contributed by atoms with van der Waals surface area (Å²) in [5.74, 6) is 0.114. The highest BCUT2D eigenvalue weighted by atomic mass is 32.1. The lowest BCUT2D eigenvalue weighted by molar-refractivity contribution is 0.0940. The normalized spacial score (nSPS) is 16.9. The molecule has 0 spiro atoms. The van der Waals surface area contributed by atoms with E-state index in [0.29, 0.717) is 16.5 Å². The monoisotopic (exact) mass is 357 g/mol. The minimum atomic E-state index is -0.291. The van der Waals surface area contributed by atoms with Crippen LogP contribution in [-0.4, -0.2) is 35.0 Å². The van der Waals surface area contributed by atoms with Gasteiger partial charge in [-0.15, -0.1) is 0 Å². The Balaban J connectivity index is 1.51. The molecule has 0 aliphatic carbocycles. The van der Waals surface area contributed by atoms with Crippen molar-refractivity contribution in [2.24, 2.45) is 0 Å². The van der Waals surface area contributed by atoms with Gasteiger partial charge in [0.1, 0.15) is 11.6 Å². The molecule has 128 valence electrons. The Hall–Kier alpha value is -2.58. The number of anilines is 2. The quantitative estimate of drug-likeness (QED) is 0.669. The van der Waals surface area contributed by atoms with E-state index in [1.807, 2.05) is 0 Å². The number of carbonyl (C=O) groups is 1. The van der Waals surface area contributed by atoms with Crippen LogP contribution in [0.15, 0.2) is 36.5 Å². The molecule has 1 unspecified atom stereocenters. The molecule has 0 bridgehead atoms. The van der Waals surface area contributed by atoms with E-state index < -0.39 is 0 Å². The molecule has 1 aliphatic rings. The van der Waals surface area contributed by atoms with E-state index in [-0.39, 0.29) is 17.8 Å². The molecule has 4 rings (SSSR count). The van der Waals surface area contributed by atoms with Crippen molar-refractivity contribution in [3.63, 3.8) is 0 Å². The second-order valence-electron chi connectivity index (χ2n) is 5.85. The Labute approximate surface area is 147 Å². The molecule has 1 fully saturated rings. The van der Waals surface area contributed by atoms with Gasteiger partial charge >= 0.3 is 0 Å². The van der Waals surface area contributed by atoms with E-state index in [9.17, 15) is 9.18 Å². The molecule has 1 atom stereocenters. The van der Waals surface area contributed by atoms with Gasteiger partial charge in [0.05, 0.1) is 10.2 Å². The Bertz CT molecular complexity index is 922. The number of carbonyl (C=O) groups excluding carboxylic acids is 1. The molecule has 1 amide bonds. The largest absolute Gasteiger partial charge is 0.348 e. The number of pyridine rings is 1. The first kappa shape index (κ1) is 15.9. The first-order chi connectivity index (χ1) is 12.2. The van der Waals surface area contributed by atoms with Gasteiger partial charge in [0, 0.05) is 24.3 Å². The van der Waals surface area contributed by atoms with Crippen molar-refractivity contribution in [1.82, 2.24) is 20.6 Å². The average molecular weight is 357 g/mol. The molecule has 2 aromatic heterocycles. The lowest BCUT2D eigenvalue weighted by Gasteiger charge is -2.11. The predicted molar refractivity (Wildman–Crippen MR) is 95.8 cm³/mol. The summed E-state index contributed by atoms with van der Waals surface area (Å²) in [4.78, 5) is 21.0. The molecule has 3 heterocycles. The Morgan fingerprint density at radius 1 is 1.32 bits per heavy atom. The fraction of sp³-hybridized carbons (Fsp3) is 0.235. The topological polar surface area (TPSA) is 78.9 Å². The average Bonchev–Trinajstić information content (AvgIpc) is 3.24. The molecule has 8 heteroatoms. The van der Waals surface area contributed by atoms with E-state index in [1.54, 1.807) is 24.4 Å². The van der Waals surface area contributed by atoms with Crippen molar-refractivity contribution < 1.29 is 9.18 Å². The molecule has 1 aromatic carbocycles. The molecule has 3 aromatic rings. The number of hydrogen-bond acceptors (Lipinski definition) is 6. The van der Waals surface area contributed by atoms with Gasteiger partial charge in [0.25, 0.3) is 5.91 Å². The van der Waals surface area contributed by atoms with E-state index in [2.05, 4.69) is 25.9 Å². The van der Waals surface area contributed by atoms with Gasteiger partial charge in [-0.05, 0) is 43.3 Å². The molecule has 25 heavy (non-hydrogen) atoms. The number of aromatic nitrogens is 2. The van der Waals surface area contributed by atoms with Crippen LogP contribution in [0.5, 0.6) is 0 Å². The Morgan fingerprint density at radius 3 is 3.08 bits per heavy atom. The standard InChI is InChI=1S/C17H16FN5OS/c18-11-1-2-13-14(8-11)25-17(22-13)23-15-7-10(3-6-20-15)16(24)21-12-4-5-19-9-12/h1-3,6-8,12,19H,4-5,9H2,(H,21,24)(H,20,22,23). The Morgan fingerprint density at radius 2 is 2.24 bits per heavy atom. The van der Waals surface area contributed by atoms with Crippen LogP contribution < -0.4 is 16.0 Å². The molecule has 0 saturated carbocycles. The number of benzene rings is 1. The van der Waals surface area contributed by atoms with Gasteiger partial charge in [-0.25, -0.2) is 14.4 Å². The summed E-state index contributed by atoms with van der Waals surface area (Å²) in [5, 5.41) is 9.90. The third kappa shape index (κ3) is 3.59. The minimum absolute atomic E-state index is 0.120. The highest BCUT2D eigenvalue weighted by molar-refractivity contribution is 7.22. The van der Waals surface area contributed by atoms with Crippen LogP contribution in [0.4, 0.5) is 15.3 Å². The van der Waals surface area contributed by atoms with Crippen molar-refractivity contribution in [3.05, 3.63) is 47.9 Å². The summed E-state index contributed by atoms with van der Waals surface area (Å²) in [6.07, 6.45) is 2.52. The van der Waals surface area contributed by atoms with Gasteiger partial charge in [0.15, 0.2) is 5.13 Å². The number of thiazole rings is 1. The zero-order chi connectivity index (χ0) is 17.2. The third-order valence-corrected chi connectivity index (χ3v) is 4.94.